The first kappa shape index (κ1) is 16.1. The monoisotopic (exact) mass is 303 g/mol. The minimum Gasteiger partial charge on any atom is -0.310 e. The minimum absolute atomic E-state index is 0.430. The van der Waals surface area contributed by atoms with Gasteiger partial charge in [-0.05, 0) is 49.6 Å². The van der Waals surface area contributed by atoms with Crippen LogP contribution >= 0.6 is 11.8 Å². The Morgan fingerprint density at radius 2 is 2.05 bits per heavy atom. The predicted molar refractivity (Wildman–Crippen MR) is 90.8 cm³/mol. The second-order valence-electron chi connectivity index (χ2n) is 5.37. The predicted octanol–water partition coefficient (Wildman–Crippen LogP) is 3.82. The zero-order chi connectivity index (χ0) is 15.1. The van der Waals surface area contributed by atoms with Gasteiger partial charge in [0.2, 0.25) is 0 Å². The standard InChI is InChI=1S/C17H25N3S/c1-4-10-18-14(2)16-5-7-17(8-6-16)21-11-9-15-12-19-20(3)13-15/h5-8,12-14,18H,4,9-11H2,1-3H3. The van der Waals surface area contributed by atoms with E-state index in [0.717, 1.165) is 18.7 Å². The maximum absolute atomic E-state index is 4.20. The van der Waals surface area contributed by atoms with Crippen LogP contribution in [0.25, 0.3) is 0 Å². The SMILES string of the molecule is CCCNC(C)c1ccc(SCCc2cnn(C)c2)cc1. The average molecular weight is 303 g/mol. The van der Waals surface area contributed by atoms with Crippen LogP contribution in [-0.2, 0) is 13.5 Å². The van der Waals surface area contributed by atoms with Gasteiger partial charge < -0.3 is 5.32 Å². The minimum atomic E-state index is 0.430. The number of benzene rings is 1. The van der Waals surface area contributed by atoms with Crippen LogP contribution < -0.4 is 5.32 Å². The van der Waals surface area contributed by atoms with Gasteiger partial charge in [-0.15, -0.1) is 11.8 Å². The smallest absolute Gasteiger partial charge is 0.0521 e. The molecule has 0 aliphatic heterocycles. The Kier molecular flexibility index (Phi) is 6.33. The number of rotatable bonds is 8. The second kappa shape index (κ2) is 8.25. The van der Waals surface area contributed by atoms with E-state index in [2.05, 4.69) is 54.7 Å². The summed E-state index contributed by atoms with van der Waals surface area (Å²) in [7, 11) is 1.96. The molecule has 0 amide bonds. The Hall–Kier alpha value is -1.26. The third-order valence-electron chi connectivity index (χ3n) is 3.50. The first-order chi connectivity index (χ1) is 10.2. The lowest BCUT2D eigenvalue weighted by molar-refractivity contribution is 0.570. The topological polar surface area (TPSA) is 29.9 Å². The molecule has 2 rings (SSSR count). The van der Waals surface area contributed by atoms with Crippen molar-refractivity contribution in [2.75, 3.05) is 12.3 Å². The average Bonchev–Trinajstić information content (AvgIpc) is 2.91. The molecule has 3 nitrogen and oxygen atoms in total. The highest BCUT2D eigenvalue weighted by atomic mass is 32.2. The zero-order valence-electron chi connectivity index (χ0n) is 13.2. The summed E-state index contributed by atoms with van der Waals surface area (Å²) < 4.78 is 1.86. The van der Waals surface area contributed by atoms with Crippen LogP contribution in [0.15, 0.2) is 41.6 Å². The molecule has 0 saturated carbocycles. The van der Waals surface area contributed by atoms with Crippen molar-refractivity contribution in [1.82, 2.24) is 15.1 Å². The highest BCUT2D eigenvalue weighted by molar-refractivity contribution is 7.99. The molecule has 21 heavy (non-hydrogen) atoms. The van der Waals surface area contributed by atoms with E-state index in [1.165, 1.54) is 22.4 Å². The van der Waals surface area contributed by atoms with Gasteiger partial charge >= 0.3 is 0 Å². The van der Waals surface area contributed by atoms with Gasteiger partial charge in [0, 0.05) is 29.9 Å². The molecule has 0 aliphatic carbocycles. The first-order valence-electron chi connectivity index (χ1n) is 7.62. The fourth-order valence-electron chi connectivity index (χ4n) is 2.22. The summed E-state index contributed by atoms with van der Waals surface area (Å²) in [5.74, 6) is 1.09. The molecule has 0 radical (unpaired) electrons. The number of aromatic nitrogens is 2. The van der Waals surface area contributed by atoms with E-state index in [0.29, 0.717) is 6.04 Å². The lowest BCUT2D eigenvalue weighted by atomic mass is 10.1. The van der Waals surface area contributed by atoms with Crippen LogP contribution in [0.5, 0.6) is 0 Å². The maximum Gasteiger partial charge on any atom is 0.0521 e. The van der Waals surface area contributed by atoms with Crippen molar-refractivity contribution in [2.24, 2.45) is 7.05 Å². The van der Waals surface area contributed by atoms with Crippen molar-refractivity contribution in [1.29, 1.82) is 0 Å². The Morgan fingerprint density at radius 1 is 1.29 bits per heavy atom. The van der Waals surface area contributed by atoms with Crippen molar-refractivity contribution in [3.8, 4) is 0 Å². The molecule has 0 spiro atoms. The first-order valence-corrected chi connectivity index (χ1v) is 8.61. The lowest BCUT2D eigenvalue weighted by Gasteiger charge is -2.14. The number of hydrogen-bond acceptors (Lipinski definition) is 3. The number of nitrogens with one attached hydrogen (secondary N) is 1. The molecule has 1 unspecified atom stereocenters. The number of nitrogens with zero attached hydrogens (tertiary/aromatic N) is 2. The molecule has 114 valence electrons. The van der Waals surface area contributed by atoms with Crippen LogP contribution in [0, 0.1) is 0 Å². The fourth-order valence-corrected chi connectivity index (χ4v) is 3.12. The number of aryl methyl sites for hydroxylation is 2. The van der Waals surface area contributed by atoms with Crippen molar-refractivity contribution < 1.29 is 0 Å². The van der Waals surface area contributed by atoms with E-state index in [1.807, 2.05) is 29.7 Å². The van der Waals surface area contributed by atoms with E-state index >= 15 is 0 Å². The van der Waals surface area contributed by atoms with Crippen LogP contribution in [0.4, 0.5) is 0 Å². The number of hydrogen-bond donors (Lipinski definition) is 1. The summed E-state index contributed by atoms with van der Waals surface area (Å²) >= 11 is 1.91. The molecule has 1 atom stereocenters. The molecule has 1 aromatic heterocycles. The zero-order valence-corrected chi connectivity index (χ0v) is 14.0. The molecule has 1 aromatic carbocycles. The van der Waals surface area contributed by atoms with E-state index in [1.54, 1.807) is 0 Å². The van der Waals surface area contributed by atoms with Gasteiger partial charge in [0.05, 0.1) is 6.20 Å². The van der Waals surface area contributed by atoms with Gasteiger partial charge in [-0.25, -0.2) is 0 Å². The molecule has 1 heterocycles. The van der Waals surface area contributed by atoms with Crippen molar-refractivity contribution >= 4 is 11.8 Å². The summed E-state index contributed by atoms with van der Waals surface area (Å²) in [4.78, 5) is 1.34. The van der Waals surface area contributed by atoms with Gasteiger partial charge in [0.1, 0.15) is 0 Å². The van der Waals surface area contributed by atoms with Crippen LogP contribution in [0.3, 0.4) is 0 Å². The van der Waals surface area contributed by atoms with Crippen LogP contribution in [-0.4, -0.2) is 22.1 Å². The molecule has 4 heteroatoms. The molecule has 0 aliphatic rings. The van der Waals surface area contributed by atoms with Gasteiger partial charge in [-0.1, -0.05) is 19.1 Å². The van der Waals surface area contributed by atoms with Crippen LogP contribution in [0.2, 0.25) is 0 Å². The molecule has 1 N–H and O–H groups in total. The summed E-state index contributed by atoms with van der Waals surface area (Å²) in [5, 5.41) is 7.72. The quantitative estimate of drug-likeness (QED) is 0.752. The van der Waals surface area contributed by atoms with E-state index in [9.17, 15) is 0 Å². The summed E-state index contributed by atoms with van der Waals surface area (Å²) in [6.07, 6.45) is 6.27. The summed E-state index contributed by atoms with van der Waals surface area (Å²) in [6.45, 7) is 5.49. The molecule has 0 saturated heterocycles. The van der Waals surface area contributed by atoms with E-state index < -0.39 is 0 Å². The Labute approximate surface area is 132 Å². The molecule has 0 fully saturated rings. The number of thioether (sulfide) groups is 1. The Morgan fingerprint density at radius 3 is 2.67 bits per heavy atom. The van der Waals surface area contributed by atoms with E-state index in [4.69, 9.17) is 0 Å². The Balaban J connectivity index is 1.79. The second-order valence-corrected chi connectivity index (χ2v) is 6.53. The highest BCUT2D eigenvalue weighted by Gasteiger charge is 2.04. The van der Waals surface area contributed by atoms with Crippen molar-refractivity contribution in [2.45, 2.75) is 37.6 Å². The maximum atomic E-state index is 4.20. The van der Waals surface area contributed by atoms with Crippen molar-refractivity contribution in [3.63, 3.8) is 0 Å². The van der Waals surface area contributed by atoms with Gasteiger partial charge in [-0.3, -0.25) is 4.68 Å². The van der Waals surface area contributed by atoms with Gasteiger partial charge in [0.15, 0.2) is 0 Å². The summed E-state index contributed by atoms with van der Waals surface area (Å²) in [6, 6.07) is 9.36. The Bertz CT molecular complexity index is 533. The highest BCUT2D eigenvalue weighted by Crippen LogP contribution is 2.22. The van der Waals surface area contributed by atoms with Gasteiger partial charge in [0.25, 0.3) is 0 Å². The lowest BCUT2D eigenvalue weighted by Crippen LogP contribution is -2.19. The van der Waals surface area contributed by atoms with Gasteiger partial charge in [-0.2, -0.15) is 5.10 Å². The fraction of sp³-hybridized carbons (Fsp3) is 0.471. The molecular weight excluding hydrogens is 278 g/mol. The van der Waals surface area contributed by atoms with Crippen LogP contribution in [0.1, 0.15) is 37.4 Å². The molecule has 2 aromatic rings. The van der Waals surface area contributed by atoms with Crippen molar-refractivity contribution in [3.05, 3.63) is 47.8 Å². The molecule has 0 bridgehead atoms. The molecular formula is C17H25N3S. The third kappa shape index (κ3) is 5.21. The third-order valence-corrected chi connectivity index (χ3v) is 4.51. The van der Waals surface area contributed by atoms with E-state index in [-0.39, 0.29) is 0 Å². The largest absolute Gasteiger partial charge is 0.310 e. The summed E-state index contributed by atoms with van der Waals surface area (Å²) in [5.41, 5.74) is 2.67. The normalized spacial score (nSPS) is 12.5.